The monoisotopic (exact) mass is 294 g/mol. The molecule has 0 radical (unpaired) electrons. The topological polar surface area (TPSA) is 18.5 Å². The number of ether oxygens (including phenoxy) is 1. The number of rotatable bonds is 7. The normalized spacial score (nSPS) is 34.5. The summed E-state index contributed by atoms with van der Waals surface area (Å²) < 4.78 is 11.8. The van der Waals surface area contributed by atoms with Crippen LogP contribution < -0.4 is 0 Å². The molecule has 2 aliphatic carbocycles. The molecule has 3 rings (SSSR count). The molecule has 1 saturated carbocycles. The van der Waals surface area contributed by atoms with E-state index in [0.29, 0.717) is 5.41 Å². The van der Waals surface area contributed by atoms with E-state index in [1.807, 2.05) is 0 Å². The van der Waals surface area contributed by atoms with Gasteiger partial charge in [0.25, 0.3) is 0 Å². The van der Waals surface area contributed by atoms with Gasteiger partial charge in [0.2, 0.25) is 0 Å². The van der Waals surface area contributed by atoms with E-state index >= 15 is 0 Å². The van der Waals surface area contributed by atoms with Crippen molar-refractivity contribution in [3.63, 3.8) is 0 Å². The van der Waals surface area contributed by atoms with Crippen LogP contribution >= 0.6 is 0 Å². The highest BCUT2D eigenvalue weighted by Crippen LogP contribution is 2.46. The molecule has 2 fully saturated rings. The van der Waals surface area contributed by atoms with Crippen LogP contribution in [0.3, 0.4) is 0 Å². The molecule has 2 bridgehead atoms. The number of fused-ring (bicyclic) bond motifs is 2. The molecule has 3 unspecified atom stereocenters. The van der Waals surface area contributed by atoms with Gasteiger partial charge in [0, 0.05) is 12.0 Å². The summed E-state index contributed by atoms with van der Waals surface area (Å²) in [5.74, 6) is 2.76. The van der Waals surface area contributed by atoms with Gasteiger partial charge >= 0.3 is 0 Å². The third kappa shape index (κ3) is 3.05. The number of hydrogen-bond donors (Lipinski definition) is 0. The van der Waals surface area contributed by atoms with Crippen molar-refractivity contribution in [3.8, 4) is 0 Å². The maximum atomic E-state index is 6.41. The highest BCUT2D eigenvalue weighted by molar-refractivity contribution is 6.71. The first-order valence-corrected chi connectivity index (χ1v) is 11.5. The second kappa shape index (κ2) is 5.58. The van der Waals surface area contributed by atoms with Gasteiger partial charge in [0.05, 0.1) is 13.2 Å². The Morgan fingerprint density at radius 3 is 2.55 bits per heavy atom. The molecule has 114 valence electrons. The molecule has 0 aromatic heterocycles. The first kappa shape index (κ1) is 14.8. The van der Waals surface area contributed by atoms with Gasteiger partial charge in [0.15, 0.2) is 8.32 Å². The van der Waals surface area contributed by atoms with Gasteiger partial charge in [0.1, 0.15) is 0 Å². The molecule has 2 nitrogen and oxygen atoms in total. The molecule has 1 aliphatic heterocycles. The van der Waals surface area contributed by atoms with Gasteiger partial charge in [-0.1, -0.05) is 25.5 Å². The first-order valence-electron chi connectivity index (χ1n) is 8.42. The van der Waals surface area contributed by atoms with E-state index in [1.54, 1.807) is 0 Å². The van der Waals surface area contributed by atoms with Gasteiger partial charge in [-0.05, 0) is 56.2 Å². The Labute approximate surface area is 125 Å². The molecule has 1 saturated heterocycles. The summed E-state index contributed by atoms with van der Waals surface area (Å²) in [6, 6.07) is 1.33. The largest absolute Gasteiger partial charge is 0.417 e. The number of allylic oxidation sites excluding steroid dienone is 2. The predicted molar refractivity (Wildman–Crippen MR) is 85.2 cm³/mol. The summed E-state index contributed by atoms with van der Waals surface area (Å²) in [4.78, 5) is 0. The highest BCUT2D eigenvalue weighted by atomic mass is 28.4. The van der Waals surface area contributed by atoms with Crippen LogP contribution in [-0.4, -0.2) is 28.1 Å². The van der Waals surface area contributed by atoms with E-state index in [0.717, 1.165) is 37.6 Å². The lowest BCUT2D eigenvalue weighted by molar-refractivity contribution is -0.135. The van der Waals surface area contributed by atoms with E-state index in [2.05, 4.69) is 32.2 Å². The predicted octanol–water partition coefficient (Wildman–Crippen LogP) is 4.24. The molecule has 20 heavy (non-hydrogen) atoms. The average molecular weight is 295 g/mol. The summed E-state index contributed by atoms with van der Waals surface area (Å²) in [6.07, 6.45) is 10.4. The van der Waals surface area contributed by atoms with E-state index in [1.165, 1.54) is 31.7 Å². The molecular weight excluding hydrogens is 264 g/mol. The number of hydrogen-bond acceptors (Lipinski definition) is 2. The van der Waals surface area contributed by atoms with E-state index in [-0.39, 0.29) is 0 Å². The Morgan fingerprint density at radius 2 is 2.05 bits per heavy atom. The van der Waals surface area contributed by atoms with Gasteiger partial charge in [-0.2, -0.15) is 0 Å². The molecule has 3 atom stereocenters. The van der Waals surface area contributed by atoms with Crippen molar-refractivity contribution in [3.05, 3.63) is 12.2 Å². The summed E-state index contributed by atoms with van der Waals surface area (Å²) in [6.45, 7) is 9.82. The fraction of sp³-hybridized carbons (Fsp3) is 0.882. The summed E-state index contributed by atoms with van der Waals surface area (Å²) >= 11 is 0. The minimum Gasteiger partial charge on any atom is -0.417 e. The second-order valence-electron chi connectivity index (χ2n) is 7.97. The van der Waals surface area contributed by atoms with Crippen LogP contribution in [0, 0.1) is 23.2 Å². The van der Waals surface area contributed by atoms with Gasteiger partial charge in [-0.15, -0.1) is 0 Å². The smallest absolute Gasteiger partial charge is 0.186 e. The van der Waals surface area contributed by atoms with Crippen molar-refractivity contribution in [2.75, 3.05) is 19.8 Å². The highest BCUT2D eigenvalue weighted by Gasteiger charge is 2.40. The average Bonchev–Trinajstić information content (AvgIpc) is 2.98. The summed E-state index contributed by atoms with van der Waals surface area (Å²) in [7, 11) is -1.49. The SMILES string of the molecule is CCC1(CO[Si](C)(C)CCC2CC3C=CC2C3)COC1. The van der Waals surface area contributed by atoms with Crippen LogP contribution in [0.2, 0.25) is 19.1 Å². The Kier molecular flexibility index (Phi) is 4.13. The molecule has 0 N–H and O–H groups in total. The Balaban J connectivity index is 1.43. The minimum absolute atomic E-state index is 0.347. The lowest BCUT2D eigenvalue weighted by atomic mass is 9.84. The Hall–Kier alpha value is -0.123. The Morgan fingerprint density at radius 1 is 1.25 bits per heavy atom. The fourth-order valence-corrected chi connectivity index (χ4v) is 5.87. The molecule has 3 heteroatoms. The van der Waals surface area contributed by atoms with Crippen LogP contribution in [-0.2, 0) is 9.16 Å². The van der Waals surface area contributed by atoms with E-state index < -0.39 is 8.32 Å². The van der Waals surface area contributed by atoms with Crippen molar-refractivity contribution in [1.29, 1.82) is 0 Å². The lowest BCUT2D eigenvalue weighted by Crippen LogP contribution is -2.48. The zero-order valence-corrected chi connectivity index (χ0v) is 14.4. The second-order valence-corrected chi connectivity index (χ2v) is 12.3. The van der Waals surface area contributed by atoms with Gasteiger partial charge in [-0.3, -0.25) is 0 Å². The zero-order valence-electron chi connectivity index (χ0n) is 13.4. The molecule has 1 heterocycles. The van der Waals surface area contributed by atoms with Gasteiger partial charge < -0.3 is 9.16 Å². The molecule has 0 spiro atoms. The van der Waals surface area contributed by atoms with Crippen molar-refractivity contribution >= 4 is 8.32 Å². The van der Waals surface area contributed by atoms with Crippen LogP contribution in [0.15, 0.2) is 12.2 Å². The first-order chi connectivity index (χ1) is 9.52. The third-order valence-electron chi connectivity index (χ3n) is 5.87. The molecule has 0 aromatic rings. The zero-order chi connectivity index (χ0) is 14.2. The maximum absolute atomic E-state index is 6.41. The van der Waals surface area contributed by atoms with E-state index in [4.69, 9.17) is 9.16 Å². The summed E-state index contributed by atoms with van der Waals surface area (Å²) in [5.41, 5.74) is 0.347. The molecule has 0 aromatic carbocycles. The molecule has 3 aliphatic rings. The lowest BCUT2D eigenvalue weighted by Gasteiger charge is -2.42. The molecular formula is C17H30O2Si. The van der Waals surface area contributed by atoms with Gasteiger partial charge in [-0.25, -0.2) is 0 Å². The third-order valence-corrected chi connectivity index (χ3v) is 8.29. The van der Waals surface area contributed by atoms with Crippen molar-refractivity contribution in [2.45, 2.75) is 51.7 Å². The van der Waals surface area contributed by atoms with Crippen LogP contribution in [0.5, 0.6) is 0 Å². The molecule has 0 amide bonds. The quantitative estimate of drug-likeness (QED) is 0.516. The van der Waals surface area contributed by atoms with E-state index in [9.17, 15) is 0 Å². The van der Waals surface area contributed by atoms with Crippen LogP contribution in [0.4, 0.5) is 0 Å². The van der Waals surface area contributed by atoms with Crippen molar-refractivity contribution in [1.82, 2.24) is 0 Å². The fourth-order valence-electron chi connectivity index (χ4n) is 3.96. The summed E-state index contributed by atoms with van der Waals surface area (Å²) in [5, 5.41) is 0. The van der Waals surface area contributed by atoms with Crippen LogP contribution in [0.1, 0.15) is 32.6 Å². The van der Waals surface area contributed by atoms with Crippen LogP contribution in [0.25, 0.3) is 0 Å². The van der Waals surface area contributed by atoms with Crippen molar-refractivity contribution in [2.24, 2.45) is 23.2 Å². The van der Waals surface area contributed by atoms with Crippen molar-refractivity contribution < 1.29 is 9.16 Å². The minimum atomic E-state index is -1.49. The Bertz CT molecular complexity index is 368. The standard InChI is InChI=1S/C17H30O2Si/c1-4-17(11-18-12-17)13-19-20(2,3)8-7-16-10-14-5-6-15(16)9-14/h5-6,14-16H,4,7-13H2,1-3H3. The maximum Gasteiger partial charge on any atom is 0.186 e.